The number of likely N-dealkylation sites (N-methyl/N-ethyl adjacent to an activating group) is 1. The summed E-state index contributed by atoms with van der Waals surface area (Å²) < 4.78 is 0. The molecule has 1 nitrogen and oxygen atoms in total. The van der Waals surface area contributed by atoms with Gasteiger partial charge in [0.25, 0.3) is 0 Å². The molecule has 0 aromatic heterocycles. The Hall–Kier alpha value is -0.384. The van der Waals surface area contributed by atoms with E-state index < -0.39 is 0 Å². The zero-order chi connectivity index (χ0) is 12.1. The summed E-state index contributed by atoms with van der Waals surface area (Å²) in [4.78, 5) is 2.14. The minimum atomic E-state index is 0. The van der Waals surface area contributed by atoms with Gasteiger partial charge in [-0.1, -0.05) is 54.6 Å². The number of benzene rings is 2. The zero-order valence-corrected chi connectivity index (χ0v) is 14.1. The van der Waals surface area contributed by atoms with Crippen LogP contribution in [0.25, 0.3) is 0 Å². The van der Waals surface area contributed by atoms with E-state index in [2.05, 4.69) is 42.8 Å². The minimum absolute atomic E-state index is 0. The fourth-order valence-corrected chi connectivity index (χ4v) is 1.85. The Kier molecular flexibility index (Phi) is 6.90. The first-order valence-corrected chi connectivity index (χ1v) is 5.66. The minimum Gasteiger partial charge on any atom is -0.359 e. The molecule has 0 saturated heterocycles. The van der Waals surface area contributed by atoms with Crippen molar-refractivity contribution in [2.24, 2.45) is 0 Å². The van der Waals surface area contributed by atoms with Gasteiger partial charge in [-0.2, -0.15) is 0 Å². The van der Waals surface area contributed by atoms with Crippen LogP contribution in [0.3, 0.4) is 0 Å². The molecule has 2 aromatic carbocycles. The molecule has 18 heavy (non-hydrogen) atoms. The van der Waals surface area contributed by atoms with Crippen molar-refractivity contribution in [3.05, 3.63) is 84.9 Å². The Morgan fingerprint density at radius 2 is 1.44 bits per heavy atom. The van der Waals surface area contributed by atoms with Crippen molar-refractivity contribution in [3.63, 3.8) is 0 Å². The summed E-state index contributed by atoms with van der Waals surface area (Å²) in [5.74, 6) is 0. The number of rotatable bonds is 4. The summed E-state index contributed by atoms with van der Waals surface area (Å²) in [6, 6.07) is 21.7. The van der Waals surface area contributed by atoms with Crippen LogP contribution in [0.1, 0.15) is 5.56 Å². The van der Waals surface area contributed by atoms with Gasteiger partial charge < -0.3 is 4.90 Å². The SMILES string of the molecule is C=C[C](c1ccccc1)N(C)c1ccccc1.[K+]. The van der Waals surface area contributed by atoms with Gasteiger partial charge in [0.1, 0.15) is 6.04 Å². The van der Waals surface area contributed by atoms with E-state index in [0.717, 1.165) is 11.7 Å². The molecule has 85 valence electrons. The van der Waals surface area contributed by atoms with E-state index in [1.807, 2.05) is 42.5 Å². The Morgan fingerprint density at radius 1 is 0.944 bits per heavy atom. The molecule has 0 N–H and O–H groups in total. The molecule has 0 aliphatic heterocycles. The van der Waals surface area contributed by atoms with E-state index in [1.54, 1.807) is 0 Å². The molecule has 0 atom stereocenters. The van der Waals surface area contributed by atoms with E-state index >= 15 is 0 Å². The zero-order valence-electron chi connectivity index (χ0n) is 11.0. The number of para-hydroxylation sites is 1. The Bertz CT molecular complexity index is 467. The maximum Gasteiger partial charge on any atom is 1.00 e. The van der Waals surface area contributed by atoms with Crippen molar-refractivity contribution in [1.29, 1.82) is 0 Å². The first-order valence-electron chi connectivity index (χ1n) is 5.66. The average Bonchev–Trinajstić information content (AvgIpc) is 2.42. The molecule has 2 heteroatoms. The summed E-state index contributed by atoms with van der Waals surface area (Å²) in [6.45, 7) is 3.91. The molecule has 0 saturated carbocycles. The monoisotopic (exact) mass is 261 g/mol. The van der Waals surface area contributed by atoms with Crippen LogP contribution in [0.4, 0.5) is 5.69 Å². The summed E-state index contributed by atoms with van der Waals surface area (Å²) in [5.41, 5.74) is 2.33. The molecule has 2 aromatic rings. The van der Waals surface area contributed by atoms with Crippen molar-refractivity contribution in [2.45, 2.75) is 0 Å². The normalized spacial score (nSPS) is 9.67. The molecule has 0 heterocycles. The fraction of sp³-hybridized carbons (Fsp3) is 0.0625. The topological polar surface area (TPSA) is 3.24 Å². The van der Waals surface area contributed by atoms with Gasteiger partial charge in [-0.05, 0) is 17.7 Å². The standard InChI is InChI=1S/C16H16N.K/c1-3-16(14-10-6-4-7-11-14)17(2)15-12-8-5-9-13-15;/h3-13H,1H2,2H3;/q;+1. The Balaban J connectivity index is 0.00000162. The van der Waals surface area contributed by atoms with Gasteiger partial charge in [-0.25, -0.2) is 0 Å². The summed E-state index contributed by atoms with van der Waals surface area (Å²) in [7, 11) is 2.05. The molecular weight excluding hydrogens is 245 g/mol. The van der Waals surface area contributed by atoms with E-state index in [0.29, 0.717) is 0 Å². The van der Waals surface area contributed by atoms with Gasteiger partial charge in [0.05, 0.1) is 0 Å². The fourth-order valence-electron chi connectivity index (χ4n) is 1.85. The van der Waals surface area contributed by atoms with Crippen LogP contribution < -0.4 is 56.3 Å². The predicted molar refractivity (Wildman–Crippen MR) is 73.8 cm³/mol. The quantitative estimate of drug-likeness (QED) is 0.739. The first-order chi connectivity index (χ1) is 8.33. The molecule has 0 aliphatic rings. The molecule has 1 radical (unpaired) electrons. The smallest absolute Gasteiger partial charge is 0.359 e. The second-order valence-electron chi connectivity index (χ2n) is 3.85. The molecule has 0 bridgehead atoms. The number of hydrogen-bond donors (Lipinski definition) is 0. The third-order valence-corrected chi connectivity index (χ3v) is 2.77. The molecule has 0 spiro atoms. The maximum atomic E-state index is 3.91. The summed E-state index contributed by atoms with van der Waals surface area (Å²) >= 11 is 0. The van der Waals surface area contributed by atoms with Crippen molar-refractivity contribution < 1.29 is 51.4 Å². The molecule has 0 unspecified atom stereocenters. The van der Waals surface area contributed by atoms with Crippen LogP contribution in [0.5, 0.6) is 0 Å². The van der Waals surface area contributed by atoms with Crippen LogP contribution in [0, 0.1) is 6.04 Å². The number of nitrogens with zero attached hydrogens (tertiary/aromatic N) is 1. The first kappa shape index (κ1) is 15.7. The van der Waals surface area contributed by atoms with Crippen LogP contribution in [-0.2, 0) is 0 Å². The van der Waals surface area contributed by atoms with Crippen LogP contribution >= 0.6 is 0 Å². The largest absolute Gasteiger partial charge is 1.00 e. The molecular formula is C16H16KN+. The number of hydrogen-bond acceptors (Lipinski definition) is 1. The van der Waals surface area contributed by atoms with E-state index in [1.165, 1.54) is 5.56 Å². The van der Waals surface area contributed by atoms with Crippen LogP contribution in [0.2, 0.25) is 0 Å². The third-order valence-electron chi connectivity index (χ3n) is 2.77. The van der Waals surface area contributed by atoms with Crippen molar-refractivity contribution in [2.75, 3.05) is 11.9 Å². The van der Waals surface area contributed by atoms with Crippen molar-refractivity contribution >= 4 is 5.69 Å². The number of anilines is 1. The van der Waals surface area contributed by atoms with Crippen LogP contribution in [-0.4, -0.2) is 7.05 Å². The van der Waals surface area contributed by atoms with Gasteiger partial charge in [0, 0.05) is 12.7 Å². The molecule has 0 fully saturated rings. The van der Waals surface area contributed by atoms with Gasteiger partial charge in [0.2, 0.25) is 0 Å². The van der Waals surface area contributed by atoms with E-state index in [9.17, 15) is 0 Å². The second-order valence-corrected chi connectivity index (χ2v) is 3.85. The van der Waals surface area contributed by atoms with Gasteiger partial charge in [-0.15, -0.1) is 6.58 Å². The van der Waals surface area contributed by atoms with E-state index in [4.69, 9.17) is 0 Å². The Morgan fingerprint density at radius 3 is 1.94 bits per heavy atom. The third kappa shape index (κ3) is 3.80. The molecule has 0 amide bonds. The van der Waals surface area contributed by atoms with Gasteiger partial charge in [0.15, 0.2) is 0 Å². The van der Waals surface area contributed by atoms with Gasteiger partial charge >= 0.3 is 51.4 Å². The van der Waals surface area contributed by atoms with Gasteiger partial charge in [-0.3, -0.25) is 0 Å². The predicted octanol–water partition coefficient (Wildman–Crippen LogP) is 0.893. The average molecular weight is 261 g/mol. The second kappa shape index (κ2) is 7.92. The maximum absolute atomic E-state index is 3.91. The van der Waals surface area contributed by atoms with Crippen molar-refractivity contribution in [1.82, 2.24) is 0 Å². The molecule has 2 rings (SSSR count). The van der Waals surface area contributed by atoms with Crippen molar-refractivity contribution in [3.8, 4) is 0 Å². The van der Waals surface area contributed by atoms with E-state index in [-0.39, 0.29) is 51.4 Å². The van der Waals surface area contributed by atoms with Crippen LogP contribution in [0.15, 0.2) is 73.3 Å². The molecule has 0 aliphatic carbocycles. The summed E-state index contributed by atoms with van der Waals surface area (Å²) in [5, 5.41) is 0. The summed E-state index contributed by atoms with van der Waals surface area (Å²) in [6.07, 6.45) is 1.89. The Labute approximate surface area is 152 Å².